The molecule has 0 spiro atoms. The standard InChI is InChI=1S/C15H17NO3/c1-16-8-6-11(7-9-16)19-15(17)13-10-18-14-5-3-2-4-12(13)14/h2-5,10-11H,6-9H2,1H3. The average Bonchev–Trinajstić information content (AvgIpc) is 2.85. The molecule has 0 saturated carbocycles. The number of nitrogens with zero attached hydrogens (tertiary/aromatic N) is 1. The molecule has 1 aromatic carbocycles. The summed E-state index contributed by atoms with van der Waals surface area (Å²) in [5, 5.41) is 0.820. The maximum absolute atomic E-state index is 12.2. The van der Waals surface area contributed by atoms with Gasteiger partial charge in [0.15, 0.2) is 0 Å². The van der Waals surface area contributed by atoms with Gasteiger partial charge in [0, 0.05) is 18.5 Å². The number of hydrogen-bond acceptors (Lipinski definition) is 4. The molecule has 1 aliphatic heterocycles. The lowest BCUT2D eigenvalue weighted by Crippen LogP contribution is -2.35. The van der Waals surface area contributed by atoms with Gasteiger partial charge in [-0.25, -0.2) is 4.79 Å². The Morgan fingerprint density at radius 3 is 2.84 bits per heavy atom. The zero-order valence-electron chi connectivity index (χ0n) is 11.0. The average molecular weight is 259 g/mol. The molecule has 0 radical (unpaired) electrons. The van der Waals surface area contributed by atoms with Crippen molar-refractivity contribution in [3.8, 4) is 0 Å². The number of hydrogen-bond donors (Lipinski definition) is 0. The third-order valence-electron chi connectivity index (χ3n) is 3.64. The number of rotatable bonds is 2. The van der Waals surface area contributed by atoms with E-state index in [9.17, 15) is 4.79 Å². The zero-order chi connectivity index (χ0) is 13.2. The van der Waals surface area contributed by atoms with Crippen LogP contribution in [0.3, 0.4) is 0 Å². The second kappa shape index (κ2) is 5.05. The highest BCUT2D eigenvalue weighted by Gasteiger charge is 2.22. The lowest BCUT2D eigenvalue weighted by Gasteiger charge is -2.28. The van der Waals surface area contributed by atoms with E-state index in [4.69, 9.17) is 9.15 Å². The Bertz CT molecular complexity index is 582. The van der Waals surface area contributed by atoms with E-state index >= 15 is 0 Å². The van der Waals surface area contributed by atoms with Gasteiger partial charge in [0.05, 0.1) is 0 Å². The second-order valence-corrected chi connectivity index (χ2v) is 5.05. The molecule has 1 aliphatic rings. The Labute approximate surface area is 111 Å². The van der Waals surface area contributed by atoms with Gasteiger partial charge in [-0.15, -0.1) is 0 Å². The first-order chi connectivity index (χ1) is 9.24. The Hall–Kier alpha value is -1.81. The summed E-state index contributed by atoms with van der Waals surface area (Å²) in [6.07, 6.45) is 3.32. The fourth-order valence-corrected chi connectivity index (χ4v) is 2.45. The fraction of sp³-hybridized carbons (Fsp3) is 0.400. The van der Waals surface area contributed by atoms with Crippen LogP contribution in [0.1, 0.15) is 23.2 Å². The van der Waals surface area contributed by atoms with Crippen molar-refractivity contribution in [3.63, 3.8) is 0 Å². The van der Waals surface area contributed by atoms with E-state index in [2.05, 4.69) is 11.9 Å². The number of carbonyl (C=O) groups excluding carboxylic acids is 1. The molecule has 2 aromatic rings. The minimum Gasteiger partial charge on any atom is -0.463 e. The number of ether oxygens (including phenoxy) is 1. The molecule has 0 unspecified atom stereocenters. The summed E-state index contributed by atoms with van der Waals surface area (Å²) in [6, 6.07) is 7.51. The molecule has 100 valence electrons. The molecule has 19 heavy (non-hydrogen) atoms. The van der Waals surface area contributed by atoms with Crippen LogP contribution in [0.5, 0.6) is 0 Å². The maximum Gasteiger partial charge on any atom is 0.342 e. The predicted octanol–water partition coefficient (Wildman–Crippen LogP) is 2.68. The van der Waals surface area contributed by atoms with Gasteiger partial charge in [-0.2, -0.15) is 0 Å². The molecule has 1 fully saturated rings. The van der Waals surface area contributed by atoms with Gasteiger partial charge in [-0.1, -0.05) is 18.2 Å². The molecule has 2 heterocycles. The van der Waals surface area contributed by atoms with Gasteiger partial charge < -0.3 is 14.1 Å². The van der Waals surface area contributed by atoms with Crippen molar-refractivity contribution in [1.29, 1.82) is 0 Å². The Morgan fingerprint density at radius 1 is 1.32 bits per heavy atom. The lowest BCUT2D eigenvalue weighted by atomic mass is 10.1. The summed E-state index contributed by atoms with van der Waals surface area (Å²) < 4.78 is 10.9. The zero-order valence-corrected chi connectivity index (χ0v) is 11.0. The smallest absolute Gasteiger partial charge is 0.342 e. The van der Waals surface area contributed by atoms with Gasteiger partial charge in [0.1, 0.15) is 23.5 Å². The predicted molar refractivity (Wildman–Crippen MR) is 72.1 cm³/mol. The van der Waals surface area contributed by atoms with Crippen LogP contribution in [-0.2, 0) is 4.74 Å². The second-order valence-electron chi connectivity index (χ2n) is 5.05. The number of piperidine rings is 1. The molecule has 4 nitrogen and oxygen atoms in total. The van der Waals surface area contributed by atoms with Crippen molar-refractivity contribution >= 4 is 16.9 Å². The number of para-hydroxylation sites is 1. The summed E-state index contributed by atoms with van der Waals surface area (Å²) in [7, 11) is 2.08. The van der Waals surface area contributed by atoms with Gasteiger partial charge in [0.2, 0.25) is 0 Å². The van der Waals surface area contributed by atoms with Crippen LogP contribution in [0.15, 0.2) is 34.9 Å². The highest BCUT2D eigenvalue weighted by molar-refractivity contribution is 6.03. The van der Waals surface area contributed by atoms with Gasteiger partial charge in [-0.3, -0.25) is 0 Å². The molecule has 0 N–H and O–H groups in total. The quantitative estimate of drug-likeness (QED) is 0.778. The topological polar surface area (TPSA) is 42.7 Å². The van der Waals surface area contributed by atoms with E-state index < -0.39 is 0 Å². The van der Waals surface area contributed by atoms with Crippen molar-refractivity contribution in [2.24, 2.45) is 0 Å². The lowest BCUT2D eigenvalue weighted by molar-refractivity contribution is 0.0140. The first-order valence-electron chi connectivity index (χ1n) is 6.60. The van der Waals surface area contributed by atoms with Crippen molar-refractivity contribution in [2.75, 3.05) is 20.1 Å². The normalized spacial score (nSPS) is 17.7. The molecule has 1 aromatic heterocycles. The third-order valence-corrected chi connectivity index (χ3v) is 3.64. The van der Waals surface area contributed by atoms with Gasteiger partial charge in [-0.05, 0) is 26.0 Å². The van der Waals surface area contributed by atoms with Crippen molar-refractivity contribution in [2.45, 2.75) is 18.9 Å². The van der Waals surface area contributed by atoms with E-state index in [1.807, 2.05) is 24.3 Å². The maximum atomic E-state index is 12.2. The Kier molecular flexibility index (Phi) is 3.25. The molecule has 4 heteroatoms. The van der Waals surface area contributed by atoms with Crippen LogP contribution >= 0.6 is 0 Å². The van der Waals surface area contributed by atoms with Crippen LogP contribution in [0.25, 0.3) is 11.0 Å². The van der Waals surface area contributed by atoms with E-state index in [0.717, 1.165) is 36.9 Å². The van der Waals surface area contributed by atoms with E-state index in [1.165, 1.54) is 6.26 Å². The largest absolute Gasteiger partial charge is 0.463 e. The molecule has 0 aliphatic carbocycles. The summed E-state index contributed by atoms with van der Waals surface area (Å²) >= 11 is 0. The number of benzene rings is 1. The van der Waals surface area contributed by atoms with Crippen LogP contribution in [0.4, 0.5) is 0 Å². The molecular weight excluding hydrogens is 242 g/mol. The fourth-order valence-electron chi connectivity index (χ4n) is 2.45. The van der Waals surface area contributed by atoms with Crippen molar-refractivity contribution in [1.82, 2.24) is 4.90 Å². The van der Waals surface area contributed by atoms with E-state index in [-0.39, 0.29) is 12.1 Å². The highest BCUT2D eigenvalue weighted by atomic mass is 16.5. The molecule has 0 atom stereocenters. The molecule has 3 rings (SSSR count). The Balaban J connectivity index is 1.73. The minimum atomic E-state index is -0.278. The molecular formula is C15H17NO3. The summed E-state index contributed by atoms with van der Waals surface area (Å²) in [4.78, 5) is 14.4. The van der Waals surface area contributed by atoms with Crippen molar-refractivity contribution < 1.29 is 13.9 Å². The summed E-state index contributed by atoms with van der Waals surface area (Å²) in [5.41, 5.74) is 1.24. The monoisotopic (exact) mass is 259 g/mol. The SMILES string of the molecule is CN1CCC(OC(=O)c2coc3ccccc23)CC1. The molecule has 0 amide bonds. The first-order valence-corrected chi connectivity index (χ1v) is 6.60. The van der Waals surface area contributed by atoms with E-state index in [1.54, 1.807) is 0 Å². The molecule has 0 bridgehead atoms. The minimum absolute atomic E-state index is 0.0253. The number of likely N-dealkylation sites (tertiary alicyclic amines) is 1. The van der Waals surface area contributed by atoms with Crippen molar-refractivity contribution in [3.05, 3.63) is 36.1 Å². The Morgan fingerprint density at radius 2 is 2.05 bits per heavy atom. The number of carbonyl (C=O) groups is 1. The third kappa shape index (κ3) is 2.49. The van der Waals surface area contributed by atoms with Crippen LogP contribution in [0.2, 0.25) is 0 Å². The summed E-state index contributed by atoms with van der Waals surface area (Å²) in [5.74, 6) is -0.278. The van der Waals surface area contributed by atoms with Gasteiger partial charge in [0.25, 0.3) is 0 Å². The van der Waals surface area contributed by atoms with E-state index in [0.29, 0.717) is 5.56 Å². The number of fused-ring (bicyclic) bond motifs is 1. The van der Waals surface area contributed by atoms with Crippen LogP contribution in [0, 0.1) is 0 Å². The first kappa shape index (κ1) is 12.2. The van der Waals surface area contributed by atoms with Crippen LogP contribution in [-0.4, -0.2) is 37.1 Å². The molecule has 1 saturated heterocycles. The van der Waals surface area contributed by atoms with Crippen LogP contribution < -0.4 is 0 Å². The summed E-state index contributed by atoms with van der Waals surface area (Å²) in [6.45, 7) is 1.95. The number of furan rings is 1. The number of esters is 1. The van der Waals surface area contributed by atoms with Gasteiger partial charge >= 0.3 is 5.97 Å². The highest BCUT2D eigenvalue weighted by Crippen LogP contribution is 2.23.